The van der Waals surface area contributed by atoms with Crippen molar-refractivity contribution in [3.05, 3.63) is 11.6 Å². The van der Waals surface area contributed by atoms with E-state index in [4.69, 9.17) is 4.74 Å². The van der Waals surface area contributed by atoms with Crippen molar-refractivity contribution in [2.24, 2.45) is 0 Å². The quantitative estimate of drug-likeness (QED) is 0.560. The molecule has 1 saturated heterocycles. The van der Waals surface area contributed by atoms with Crippen molar-refractivity contribution in [2.75, 3.05) is 13.1 Å². The van der Waals surface area contributed by atoms with Crippen molar-refractivity contribution < 1.29 is 9.53 Å². The van der Waals surface area contributed by atoms with Crippen LogP contribution in [0.2, 0.25) is 0 Å². The van der Waals surface area contributed by atoms with Crippen molar-refractivity contribution in [3.8, 4) is 0 Å². The summed E-state index contributed by atoms with van der Waals surface area (Å²) in [5, 5.41) is 0. The third-order valence-electron chi connectivity index (χ3n) is 1.79. The van der Waals surface area contributed by atoms with Gasteiger partial charge in [0.2, 0.25) is 0 Å². The highest BCUT2D eigenvalue weighted by atomic mass is 16.6. The molecular weight excluding hydrogens is 154 g/mol. The summed E-state index contributed by atoms with van der Waals surface area (Å²) >= 11 is 0. The Hall–Kier alpha value is -0.990. The van der Waals surface area contributed by atoms with Gasteiger partial charge in [0.05, 0.1) is 6.10 Å². The molecule has 1 aliphatic heterocycles. The number of carbonyl (C=O) groups is 1. The fourth-order valence-corrected chi connectivity index (χ4v) is 1.03. The third-order valence-corrected chi connectivity index (χ3v) is 1.79. The highest BCUT2D eigenvalue weighted by molar-refractivity contribution is 5.70. The minimum Gasteiger partial charge on any atom is -0.447 e. The van der Waals surface area contributed by atoms with Gasteiger partial charge in [-0.3, -0.25) is 0 Å². The number of ether oxygens (including phenoxy) is 1. The number of nitrogens with zero attached hydrogens (tertiary/aromatic N) is 1. The maximum Gasteiger partial charge on any atom is 0.410 e. The molecule has 0 aliphatic carbocycles. The summed E-state index contributed by atoms with van der Waals surface area (Å²) in [7, 11) is 0. The first-order valence-corrected chi connectivity index (χ1v) is 4.23. The second-order valence-electron chi connectivity index (χ2n) is 3.24. The zero-order valence-electron chi connectivity index (χ0n) is 7.83. The lowest BCUT2D eigenvalue weighted by molar-refractivity contribution is 0.0716. The Morgan fingerprint density at radius 1 is 1.58 bits per heavy atom. The first kappa shape index (κ1) is 9.10. The molecule has 1 amide bonds. The summed E-state index contributed by atoms with van der Waals surface area (Å²) < 4.78 is 5.01. The van der Waals surface area contributed by atoms with Crippen LogP contribution in [0.4, 0.5) is 4.79 Å². The molecule has 0 aromatic carbocycles. The molecule has 0 atom stereocenters. The van der Waals surface area contributed by atoms with Gasteiger partial charge in [-0.2, -0.15) is 0 Å². The summed E-state index contributed by atoms with van der Waals surface area (Å²) in [5.74, 6) is 0. The van der Waals surface area contributed by atoms with Crippen molar-refractivity contribution in [1.82, 2.24) is 4.90 Å². The average molecular weight is 169 g/mol. The number of rotatable bonds is 1. The van der Waals surface area contributed by atoms with Crippen LogP contribution in [0.15, 0.2) is 11.6 Å². The zero-order valence-corrected chi connectivity index (χ0v) is 7.83. The average Bonchev–Trinajstić information content (AvgIpc) is 1.82. The van der Waals surface area contributed by atoms with Gasteiger partial charge in [-0.05, 0) is 26.3 Å². The Balaban J connectivity index is 2.28. The Kier molecular flexibility index (Phi) is 2.74. The van der Waals surface area contributed by atoms with Crippen LogP contribution in [-0.4, -0.2) is 30.2 Å². The summed E-state index contributed by atoms with van der Waals surface area (Å²) in [6.45, 7) is 7.17. The predicted octanol–water partition coefficient (Wildman–Crippen LogP) is 1.79. The van der Waals surface area contributed by atoms with Crippen LogP contribution in [0.25, 0.3) is 0 Å². The van der Waals surface area contributed by atoms with Crippen LogP contribution < -0.4 is 0 Å². The Morgan fingerprint density at radius 2 is 2.17 bits per heavy atom. The van der Waals surface area contributed by atoms with Crippen LogP contribution in [0.5, 0.6) is 0 Å². The van der Waals surface area contributed by atoms with Crippen LogP contribution in [0.1, 0.15) is 20.8 Å². The standard InChI is InChI=1S/C9H15NO2/c1-4-8-5-10(6-8)9(11)12-7(2)3/h4,7H,5-6H2,1-3H3. The van der Waals surface area contributed by atoms with E-state index in [1.807, 2.05) is 26.8 Å². The molecule has 12 heavy (non-hydrogen) atoms. The van der Waals surface area contributed by atoms with E-state index in [2.05, 4.69) is 0 Å². The van der Waals surface area contributed by atoms with Gasteiger partial charge in [0.25, 0.3) is 0 Å². The molecule has 1 heterocycles. The van der Waals surface area contributed by atoms with Gasteiger partial charge < -0.3 is 9.64 Å². The minimum atomic E-state index is -0.199. The summed E-state index contributed by atoms with van der Waals surface area (Å²) in [4.78, 5) is 12.9. The van der Waals surface area contributed by atoms with Crippen LogP contribution in [-0.2, 0) is 4.74 Å². The fraction of sp³-hybridized carbons (Fsp3) is 0.667. The van der Waals surface area contributed by atoms with Crippen molar-refractivity contribution in [1.29, 1.82) is 0 Å². The molecule has 1 fully saturated rings. The van der Waals surface area contributed by atoms with Crippen molar-refractivity contribution >= 4 is 6.09 Å². The lowest BCUT2D eigenvalue weighted by Crippen LogP contribution is -2.45. The van der Waals surface area contributed by atoms with E-state index in [-0.39, 0.29) is 12.2 Å². The molecule has 68 valence electrons. The van der Waals surface area contributed by atoms with Gasteiger partial charge in [0.15, 0.2) is 0 Å². The molecule has 1 rings (SSSR count). The van der Waals surface area contributed by atoms with Crippen molar-refractivity contribution in [3.63, 3.8) is 0 Å². The first-order chi connectivity index (χ1) is 5.63. The molecule has 0 bridgehead atoms. The number of likely N-dealkylation sites (tertiary alicyclic amines) is 1. The maximum absolute atomic E-state index is 11.2. The highest BCUT2D eigenvalue weighted by Gasteiger charge is 2.25. The minimum absolute atomic E-state index is 0.0212. The second kappa shape index (κ2) is 3.61. The Morgan fingerprint density at radius 3 is 2.58 bits per heavy atom. The summed E-state index contributed by atoms with van der Waals surface area (Å²) in [6, 6.07) is 0. The largest absolute Gasteiger partial charge is 0.447 e. The van der Waals surface area contributed by atoms with E-state index < -0.39 is 0 Å². The van der Waals surface area contributed by atoms with Gasteiger partial charge in [0, 0.05) is 13.1 Å². The summed E-state index contributed by atoms with van der Waals surface area (Å²) in [5.41, 5.74) is 1.30. The fourth-order valence-electron chi connectivity index (χ4n) is 1.03. The molecule has 0 N–H and O–H groups in total. The molecule has 0 saturated carbocycles. The van der Waals surface area contributed by atoms with Gasteiger partial charge >= 0.3 is 6.09 Å². The number of amides is 1. The predicted molar refractivity (Wildman–Crippen MR) is 46.9 cm³/mol. The monoisotopic (exact) mass is 169 g/mol. The van der Waals surface area contributed by atoms with Crippen molar-refractivity contribution in [2.45, 2.75) is 26.9 Å². The molecule has 3 nitrogen and oxygen atoms in total. The molecule has 3 heteroatoms. The topological polar surface area (TPSA) is 29.5 Å². The summed E-state index contributed by atoms with van der Waals surface area (Å²) in [6.07, 6.45) is 1.82. The smallest absolute Gasteiger partial charge is 0.410 e. The number of hydrogen-bond donors (Lipinski definition) is 0. The van der Waals surface area contributed by atoms with Crippen LogP contribution in [0.3, 0.4) is 0 Å². The molecule has 0 aromatic rings. The van der Waals surface area contributed by atoms with E-state index in [1.54, 1.807) is 4.90 Å². The molecule has 0 radical (unpaired) electrons. The van der Waals surface area contributed by atoms with E-state index in [0.717, 1.165) is 13.1 Å². The van der Waals surface area contributed by atoms with E-state index in [9.17, 15) is 4.79 Å². The molecule has 0 spiro atoms. The molecule has 0 aromatic heterocycles. The number of hydrogen-bond acceptors (Lipinski definition) is 2. The third kappa shape index (κ3) is 2.00. The SMILES string of the molecule is CC=C1CN(C(=O)OC(C)C)C1. The van der Waals surface area contributed by atoms with Gasteiger partial charge in [0.1, 0.15) is 0 Å². The van der Waals surface area contributed by atoms with Gasteiger partial charge in [-0.1, -0.05) is 6.08 Å². The van der Waals surface area contributed by atoms with Gasteiger partial charge in [-0.25, -0.2) is 4.79 Å². The Labute approximate surface area is 73.0 Å². The highest BCUT2D eigenvalue weighted by Crippen LogP contribution is 2.15. The number of carbonyl (C=O) groups excluding carboxylic acids is 1. The maximum atomic E-state index is 11.2. The zero-order chi connectivity index (χ0) is 9.14. The van der Waals surface area contributed by atoms with E-state index >= 15 is 0 Å². The lowest BCUT2D eigenvalue weighted by atomic mass is 10.1. The lowest BCUT2D eigenvalue weighted by Gasteiger charge is -2.33. The Bertz CT molecular complexity index is 201. The van der Waals surface area contributed by atoms with Gasteiger partial charge in [-0.15, -0.1) is 0 Å². The normalized spacial score (nSPS) is 16.0. The molecule has 1 aliphatic rings. The number of allylic oxidation sites excluding steroid dienone is 1. The molecule has 0 unspecified atom stereocenters. The van der Waals surface area contributed by atoms with E-state index in [1.165, 1.54) is 5.57 Å². The van der Waals surface area contributed by atoms with Crippen LogP contribution >= 0.6 is 0 Å². The first-order valence-electron chi connectivity index (χ1n) is 4.23. The van der Waals surface area contributed by atoms with Crippen LogP contribution in [0, 0.1) is 0 Å². The second-order valence-corrected chi connectivity index (χ2v) is 3.24. The van der Waals surface area contributed by atoms with E-state index in [0.29, 0.717) is 0 Å². The molecular formula is C9H15NO2.